The summed E-state index contributed by atoms with van der Waals surface area (Å²) < 4.78 is 10.1. The predicted molar refractivity (Wildman–Crippen MR) is 46.9 cm³/mol. The minimum atomic E-state index is 0.0982. The van der Waals surface area contributed by atoms with Gasteiger partial charge in [0.1, 0.15) is 5.75 Å². The molecule has 0 bridgehead atoms. The second-order valence-electron chi connectivity index (χ2n) is 2.20. The summed E-state index contributed by atoms with van der Waals surface area (Å²) in [5.74, 6) is 1.27. The molecule has 1 heterocycles. The molecule has 1 aromatic heterocycles. The van der Waals surface area contributed by atoms with Gasteiger partial charge in [0.05, 0.1) is 12.7 Å². The van der Waals surface area contributed by atoms with Gasteiger partial charge in [0.2, 0.25) is 5.88 Å². The number of aromatic nitrogens is 1. The maximum atomic E-state index is 5.40. The fourth-order valence-electron chi connectivity index (χ4n) is 0.918. The van der Waals surface area contributed by atoms with Gasteiger partial charge in [-0.05, 0) is 13.0 Å². The van der Waals surface area contributed by atoms with E-state index in [1.165, 1.54) is 0 Å². The Morgan fingerprint density at radius 3 is 2.92 bits per heavy atom. The summed E-state index contributed by atoms with van der Waals surface area (Å²) in [5.41, 5.74) is 0.862. The number of nitrogens with zero attached hydrogens (tertiary/aromatic N) is 1. The molecule has 1 rings (SSSR count). The van der Waals surface area contributed by atoms with E-state index in [1.54, 1.807) is 19.4 Å². The van der Waals surface area contributed by atoms with Crippen LogP contribution in [0.2, 0.25) is 0 Å². The Morgan fingerprint density at radius 1 is 1.58 bits per heavy atom. The summed E-state index contributed by atoms with van der Waals surface area (Å²) in [5, 5.41) is 0. The number of alkyl halides is 1. The molecule has 0 spiro atoms. The highest BCUT2D eigenvalue weighted by Gasteiger charge is 2.05. The second kappa shape index (κ2) is 4.16. The van der Waals surface area contributed by atoms with Crippen LogP contribution in [0.4, 0.5) is 0 Å². The van der Waals surface area contributed by atoms with E-state index in [0.717, 1.165) is 11.3 Å². The van der Waals surface area contributed by atoms with Crippen LogP contribution in [0.5, 0.6) is 11.6 Å². The molecule has 0 radical (unpaired) electrons. The Hall–Kier alpha value is -0.960. The Labute approximate surface area is 76.3 Å². The van der Waals surface area contributed by atoms with Crippen molar-refractivity contribution in [1.29, 1.82) is 0 Å². The fraction of sp³-hybridized carbons (Fsp3) is 0.375. The van der Waals surface area contributed by atoms with Crippen molar-refractivity contribution in [3.8, 4) is 11.6 Å². The first kappa shape index (κ1) is 9.13. The van der Waals surface area contributed by atoms with Gasteiger partial charge in [-0.1, -0.05) is 11.6 Å². The summed E-state index contributed by atoms with van der Waals surface area (Å²) in [6.45, 7) is 1.87. The van der Waals surface area contributed by atoms with Crippen LogP contribution in [-0.2, 0) is 0 Å². The largest absolute Gasteiger partial charge is 0.496 e. The lowest BCUT2D eigenvalue weighted by Crippen LogP contribution is -1.97. The summed E-state index contributed by atoms with van der Waals surface area (Å²) in [6.07, 6.45) is 1.62. The summed E-state index contributed by atoms with van der Waals surface area (Å²) in [4.78, 5) is 3.99. The number of pyridine rings is 1. The standard InChI is InChI=1S/C8H10ClNO2/c1-6-7(11-2)3-4-10-8(6)12-5-9/h3-4H,5H2,1-2H3. The monoisotopic (exact) mass is 187 g/mol. The number of hydrogen-bond acceptors (Lipinski definition) is 3. The molecular formula is C8H10ClNO2. The second-order valence-corrected chi connectivity index (χ2v) is 2.42. The first-order chi connectivity index (χ1) is 5.79. The van der Waals surface area contributed by atoms with E-state index in [9.17, 15) is 0 Å². The van der Waals surface area contributed by atoms with Crippen molar-refractivity contribution in [3.05, 3.63) is 17.8 Å². The smallest absolute Gasteiger partial charge is 0.221 e. The van der Waals surface area contributed by atoms with E-state index in [4.69, 9.17) is 21.1 Å². The van der Waals surface area contributed by atoms with Gasteiger partial charge in [-0.25, -0.2) is 4.98 Å². The Balaban J connectivity index is 2.97. The van der Waals surface area contributed by atoms with Crippen LogP contribution < -0.4 is 9.47 Å². The molecule has 0 aliphatic rings. The third-order valence-corrected chi connectivity index (χ3v) is 1.63. The van der Waals surface area contributed by atoms with Crippen LogP contribution in [0.3, 0.4) is 0 Å². The minimum absolute atomic E-state index is 0.0982. The highest BCUT2D eigenvalue weighted by molar-refractivity contribution is 6.17. The maximum Gasteiger partial charge on any atom is 0.221 e. The summed E-state index contributed by atoms with van der Waals surface area (Å²) in [7, 11) is 1.60. The molecule has 0 aliphatic heterocycles. The fourth-order valence-corrected chi connectivity index (χ4v) is 1.02. The van der Waals surface area contributed by atoms with Gasteiger partial charge >= 0.3 is 0 Å². The average molecular weight is 188 g/mol. The Kier molecular flexibility index (Phi) is 3.17. The molecule has 1 aromatic rings. The van der Waals surface area contributed by atoms with Gasteiger partial charge in [0, 0.05) is 6.20 Å². The highest BCUT2D eigenvalue weighted by atomic mass is 35.5. The van der Waals surface area contributed by atoms with Gasteiger partial charge in [-0.3, -0.25) is 0 Å². The van der Waals surface area contributed by atoms with Crippen molar-refractivity contribution in [2.45, 2.75) is 6.92 Å². The van der Waals surface area contributed by atoms with Crippen LogP contribution in [0.15, 0.2) is 12.3 Å². The topological polar surface area (TPSA) is 31.4 Å². The van der Waals surface area contributed by atoms with E-state index in [0.29, 0.717) is 5.88 Å². The maximum absolute atomic E-state index is 5.40. The van der Waals surface area contributed by atoms with Crippen molar-refractivity contribution < 1.29 is 9.47 Å². The molecule has 0 N–H and O–H groups in total. The molecule has 0 atom stereocenters. The average Bonchev–Trinajstić information content (AvgIpc) is 2.09. The van der Waals surface area contributed by atoms with Gasteiger partial charge < -0.3 is 9.47 Å². The van der Waals surface area contributed by atoms with E-state index < -0.39 is 0 Å². The number of methoxy groups -OCH3 is 1. The number of ether oxygens (including phenoxy) is 2. The van der Waals surface area contributed by atoms with Crippen molar-refractivity contribution in [2.75, 3.05) is 13.2 Å². The van der Waals surface area contributed by atoms with Crippen molar-refractivity contribution in [2.24, 2.45) is 0 Å². The predicted octanol–water partition coefficient (Wildman–Crippen LogP) is 1.97. The molecular weight excluding hydrogens is 178 g/mol. The highest BCUT2D eigenvalue weighted by Crippen LogP contribution is 2.24. The SMILES string of the molecule is COc1ccnc(OCCl)c1C. The van der Waals surface area contributed by atoms with Crippen LogP contribution in [-0.4, -0.2) is 18.2 Å². The summed E-state index contributed by atoms with van der Waals surface area (Å²) >= 11 is 5.40. The molecule has 12 heavy (non-hydrogen) atoms. The van der Waals surface area contributed by atoms with Crippen molar-refractivity contribution >= 4 is 11.6 Å². The first-order valence-electron chi connectivity index (χ1n) is 3.48. The molecule has 0 amide bonds. The van der Waals surface area contributed by atoms with E-state index in [2.05, 4.69) is 4.98 Å². The lowest BCUT2D eigenvalue weighted by Gasteiger charge is -2.07. The zero-order valence-electron chi connectivity index (χ0n) is 7.00. The molecule has 0 fully saturated rings. The van der Waals surface area contributed by atoms with Crippen LogP contribution in [0.25, 0.3) is 0 Å². The summed E-state index contributed by atoms with van der Waals surface area (Å²) in [6, 6.07) is 1.87. The van der Waals surface area contributed by atoms with E-state index >= 15 is 0 Å². The number of rotatable bonds is 3. The third kappa shape index (κ3) is 1.80. The van der Waals surface area contributed by atoms with Gasteiger partial charge in [-0.15, -0.1) is 0 Å². The van der Waals surface area contributed by atoms with Crippen molar-refractivity contribution in [1.82, 2.24) is 4.98 Å². The van der Waals surface area contributed by atoms with Crippen LogP contribution in [0, 0.1) is 6.92 Å². The molecule has 0 aromatic carbocycles. The molecule has 66 valence electrons. The van der Waals surface area contributed by atoms with Gasteiger partial charge in [-0.2, -0.15) is 0 Å². The molecule has 0 saturated carbocycles. The Bertz CT molecular complexity index is 265. The third-order valence-electron chi connectivity index (χ3n) is 1.52. The quantitative estimate of drug-likeness (QED) is 0.678. The molecule has 4 heteroatoms. The van der Waals surface area contributed by atoms with E-state index in [-0.39, 0.29) is 6.07 Å². The van der Waals surface area contributed by atoms with Crippen LogP contribution >= 0.6 is 11.6 Å². The molecule has 0 saturated heterocycles. The minimum Gasteiger partial charge on any atom is -0.496 e. The zero-order chi connectivity index (χ0) is 8.97. The number of halogens is 1. The lowest BCUT2D eigenvalue weighted by atomic mass is 10.3. The van der Waals surface area contributed by atoms with Gasteiger partial charge in [0.25, 0.3) is 0 Å². The number of hydrogen-bond donors (Lipinski definition) is 0. The molecule has 0 aliphatic carbocycles. The first-order valence-corrected chi connectivity index (χ1v) is 4.01. The van der Waals surface area contributed by atoms with E-state index in [1.807, 2.05) is 6.92 Å². The van der Waals surface area contributed by atoms with Crippen molar-refractivity contribution in [3.63, 3.8) is 0 Å². The lowest BCUT2D eigenvalue weighted by molar-refractivity contribution is 0.358. The molecule has 3 nitrogen and oxygen atoms in total. The Morgan fingerprint density at radius 2 is 2.33 bits per heavy atom. The zero-order valence-corrected chi connectivity index (χ0v) is 7.76. The van der Waals surface area contributed by atoms with Gasteiger partial charge in [0.15, 0.2) is 6.07 Å². The normalized spacial score (nSPS) is 9.58. The molecule has 0 unspecified atom stereocenters. The van der Waals surface area contributed by atoms with Crippen LogP contribution in [0.1, 0.15) is 5.56 Å².